The van der Waals surface area contributed by atoms with E-state index in [4.69, 9.17) is 23.2 Å². The van der Waals surface area contributed by atoms with Gasteiger partial charge in [-0.2, -0.15) is 0 Å². The SMILES string of the molecule is C[C@@H](NCc1ccc([N+](=O)[O-])cc1Cl)c1ccc(Cl)cc1. The maximum Gasteiger partial charge on any atom is 0.270 e. The third-order valence-corrected chi connectivity index (χ3v) is 3.82. The molecule has 0 fully saturated rings. The first-order valence-electron chi connectivity index (χ1n) is 6.39. The highest BCUT2D eigenvalue weighted by Gasteiger charge is 2.11. The van der Waals surface area contributed by atoms with Crippen LogP contribution in [0.4, 0.5) is 5.69 Å². The number of nitrogens with one attached hydrogen (secondary N) is 1. The van der Waals surface area contributed by atoms with Crippen LogP contribution in [0.3, 0.4) is 0 Å². The van der Waals surface area contributed by atoms with E-state index in [1.165, 1.54) is 12.1 Å². The van der Waals surface area contributed by atoms with E-state index in [-0.39, 0.29) is 11.7 Å². The van der Waals surface area contributed by atoms with E-state index in [1.807, 2.05) is 31.2 Å². The van der Waals surface area contributed by atoms with Crippen LogP contribution in [0, 0.1) is 10.1 Å². The molecule has 0 saturated carbocycles. The number of hydrogen-bond acceptors (Lipinski definition) is 3. The van der Waals surface area contributed by atoms with Gasteiger partial charge in [0.25, 0.3) is 5.69 Å². The van der Waals surface area contributed by atoms with E-state index in [0.717, 1.165) is 11.1 Å². The lowest BCUT2D eigenvalue weighted by Gasteiger charge is -2.15. The second kappa shape index (κ2) is 6.89. The predicted molar refractivity (Wildman–Crippen MR) is 84.8 cm³/mol. The largest absolute Gasteiger partial charge is 0.306 e. The van der Waals surface area contributed by atoms with Crippen molar-refractivity contribution in [3.63, 3.8) is 0 Å². The molecule has 21 heavy (non-hydrogen) atoms. The van der Waals surface area contributed by atoms with Crippen LogP contribution in [0.25, 0.3) is 0 Å². The van der Waals surface area contributed by atoms with Gasteiger partial charge in [-0.25, -0.2) is 0 Å². The van der Waals surface area contributed by atoms with E-state index >= 15 is 0 Å². The summed E-state index contributed by atoms with van der Waals surface area (Å²) in [7, 11) is 0. The standard InChI is InChI=1S/C15H14Cl2N2O2/c1-10(11-2-5-13(16)6-3-11)18-9-12-4-7-14(19(20)21)8-15(12)17/h2-8,10,18H,9H2,1H3/t10-/m1/s1. The summed E-state index contributed by atoms with van der Waals surface area (Å²) in [6.07, 6.45) is 0. The number of halogens is 2. The van der Waals surface area contributed by atoms with Crippen molar-refractivity contribution in [2.24, 2.45) is 0 Å². The Bertz CT molecular complexity index is 645. The molecule has 0 radical (unpaired) electrons. The molecule has 0 unspecified atom stereocenters. The molecule has 6 heteroatoms. The first-order chi connectivity index (χ1) is 9.97. The van der Waals surface area contributed by atoms with Crippen LogP contribution >= 0.6 is 23.2 Å². The zero-order valence-electron chi connectivity index (χ0n) is 11.3. The third kappa shape index (κ3) is 4.17. The fourth-order valence-electron chi connectivity index (χ4n) is 1.93. The molecular weight excluding hydrogens is 311 g/mol. The Morgan fingerprint density at radius 2 is 1.86 bits per heavy atom. The second-order valence-electron chi connectivity index (χ2n) is 4.69. The lowest BCUT2D eigenvalue weighted by atomic mass is 10.1. The Balaban J connectivity index is 2.02. The average Bonchev–Trinajstić information content (AvgIpc) is 2.46. The number of nitro groups is 1. The minimum absolute atomic E-state index is 0.00509. The summed E-state index contributed by atoms with van der Waals surface area (Å²) in [6.45, 7) is 2.56. The fraction of sp³-hybridized carbons (Fsp3) is 0.200. The number of hydrogen-bond donors (Lipinski definition) is 1. The fourth-order valence-corrected chi connectivity index (χ4v) is 2.29. The normalized spacial score (nSPS) is 12.1. The van der Waals surface area contributed by atoms with Crippen molar-refractivity contribution in [3.8, 4) is 0 Å². The molecule has 0 aromatic heterocycles. The molecule has 2 rings (SSSR count). The highest BCUT2D eigenvalue weighted by molar-refractivity contribution is 6.31. The monoisotopic (exact) mass is 324 g/mol. The molecule has 4 nitrogen and oxygen atoms in total. The van der Waals surface area contributed by atoms with Gasteiger partial charge in [-0.05, 0) is 36.2 Å². The van der Waals surface area contributed by atoms with Gasteiger partial charge in [-0.1, -0.05) is 35.3 Å². The third-order valence-electron chi connectivity index (χ3n) is 3.22. The molecule has 1 atom stereocenters. The first-order valence-corrected chi connectivity index (χ1v) is 7.14. The minimum atomic E-state index is -0.459. The van der Waals surface area contributed by atoms with Crippen LogP contribution in [0.2, 0.25) is 10.0 Å². The molecule has 2 aromatic carbocycles. The van der Waals surface area contributed by atoms with Crippen LogP contribution in [-0.4, -0.2) is 4.92 Å². The molecule has 0 heterocycles. The van der Waals surface area contributed by atoms with Crippen LogP contribution in [-0.2, 0) is 6.54 Å². The molecule has 110 valence electrons. The molecule has 2 aromatic rings. The van der Waals surface area contributed by atoms with E-state index in [2.05, 4.69) is 5.32 Å². The Hall–Kier alpha value is -1.62. The molecule has 0 amide bonds. The summed E-state index contributed by atoms with van der Waals surface area (Å²) in [4.78, 5) is 10.2. The second-order valence-corrected chi connectivity index (χ2v) is 5.53. The van der Waals surface area contributed by atoms with Crippen molar-refractivity contribution < 1.29 is 4.92 Å². The van der Waals surface area contributed by atoms with Crippen molar-refractivity contribution >= 4 is 28.9 Å². The highest BCUT2D eigenvalue weighted by Crippen LogP contribution is 2.23. The molecular formula is C15H14Cl2N2O2. The summed E-state index contributed by atoms with van der Waals surface area (Å²) in [6, 6.07) is 12.2. The Morgan fingerprint density at radius 1 is 1.19 bits per heavy atom. The van der Waals surface area contributed by atoms with Crippen molar-refractivity contribution in [2.45, 2.75) is 19.5 Å². The smallest absolute Gasteiger partial charge is 0.270 e. The lowest BCUT2D eigenvalue weighted by Crippen LogP contribution is -2.18. The number of benzene rings is 2. The topological polar surface area (TPSA) is 55.2 Å². The summed E-state index contributed by atoms with van der Waals surface area (Å²) >= 11 is 11.9. The average molecular weight is 325 g/mol. The number of nitrogens with zero attached hydrogens (tertiary/aromatic N) is 1. The molecule has 1 N–H and O–H groups in total. The Labute approximate surface area is 132 Å². The van der Waals surface area contributed by atoms with Crippen LogP contribution < -0.4 is 5.32 Å². The summed E-state index contributed by atoms with van der Waals surface area (Å²) in [5.41, 5.74) is 1.93. The highest BCUT2D eigenvalue weighted by atomic mass is 35.5. The van der Waals surface area contributed by atoms with E-state index < -0.39 is 4.92 Å². The van der Waals surface area contributed by atoms with Gasteiger partial charge < -0.3 is 5.32 Å². The van der Waals surface area contributed by atoms with Gasteiger partial charge in [-0.15, -0.1) is 0 Å². The molecule has 0 aliphatic heterocycles. The molecule has 0 spiro atoms. The van der Waals surface area contributed by atoms with Crippen LogP contribution in [0.1, 0.15) is 24.1 Å². The van der Waals surface area contributed by atoms with Crippen molar-refractivity contribution in [1.82, 2.24) is 5.32 Å². The first kappa shape index (κ1) is 15.8. The zero-order chi connectivity index (χ0) is 15.4. The van der Waals surface area contributed by atoms with Gasteiger partial charge in [0.1, 0.15) is 0 Å². The lowest BCUT2D eigenvalue weighted by molar-refractivity contribution is -0.384. The maximum absolute atomic E-state index is 10.7. The summed E-state index contributed by atoms with van der Waals surface area (Å²) in [5, 5.41) is 15.1. The molecule has 0 bridgehead atoms. The predicted octanol–water partition coefficient (Wildman–Crippen LogP) is 4.75. The van der Waals surface area contributed by atoms with Crippen molar-refractivity contribution in [1.29, 1.82) is 0 Å². The number of non-ortho nitro benzene ring substituents is 1. The van der Waals surface area contributed by atoms with Gasteiger partial charge >= 0.3 is 0 Å². The minimum Gasteiger partial charge on any atom is -0.306 e. The number of nitro benzene ring substituents is 1. The van der Waals surface area contributed by atoms with Crippen molar-refractivity contribution in [3.05, 3.63) is 73.8 Å². The molecule has 0 saturated heterocycles. The Kier molecular flexibility index (Phi) is 5.17. The van der Waals surface area contributed by atoms with Crippen LogP contribution in [0.15, 0.2) is 42.5 Å². The van der Waals surface area contributed by atoms with Crippen LogP contribution in [0.5, 0.6) is 0 Å². The van der Waals surface area contributed by atoms with E-state index in [1.54, 1.807) is 6.07 Å². The number of rotatable bonds is 5. The maximum atomic E-state index is 10.7. The van der Waals surface area contributed by atoms with Crippen molar-refractivity contribution in [2.75, 3.05) is 0 Å². The van der Waals surface area contributed by atoms with Gasteiger partial charge in [0.15, 0.2) is 0 Å². The molecule has 0 aliphatic carbocycles. The Morgan fingerprint density at radius 3 is 2.43 bits per heavy atom. The zero-order valence-corrected chi connectivity index (χ0v) is 12.9. The van der Waals surface area contributed by atoms with Gasteiger partial charge in [0, 0.05) is 29.7 Å². The van der Waals surface area contributed by atoms with E-state index in [0.29, 0.717) is 16.6 Å². The summed E-state index contributed by atoms with van der Waals surface area (Å²) in [5.74, 6) is 0. The van der Waals surface area contributed by atoms with Gasteiger partial charge in [0.05, 0.1) is 9.95 Å². The van der Waals surface area contributed by atoms with E-state index in [9.17, 15) is 10.1 Å². The summed E-state index contributed by atoms with van der Waals surface area (Å²) < 4.78 is 0. The quantitative estimate of drug-likeness (QED) is 0.637. The van der Waals surface area contributed by atoms with Gasteiger partial charge in [-0.3, -0.25) is 10.1 Å². The molecule has 0 aliphatic rings. The van der Waals surface area contributed by atoms with Gasteiger partial charge in [0.2, 0.25) is 0 Å².